The van der Waals surface area contributed by atoms with Gasteiger partial charge in [0.2, 0.25) is 0 Å². The van der Waals surface area contributed by atoms with Crippen LogP contribution >= 0.6 is 0 Å². The molecule has 0 heterocycles. The number of benzene rings is 4. The van der Waals surface area contributed by atoms with Crippen molar-refractivity contribution < 1.29 is 17.4 Å². The van der Waals surface area contributed by atoms with Crippen LogP contribution in [0.15, 0.2) is 71.8 Å². The number of fused-ring (bicyclic) bond motifs is 2. The summed E-state index contributed by atoms with van der Waals surface area (Å²) >= 11 is -3.87. The fourth-order valence-corrected chi connectivity index (χ4v) is 31.6. The summed E-state index contributed by atoms with van der Waals surface area (Å²) in [7, 11) is 0. The van der Waals surface area contributed by atoms with Gasteiger partial charge in [-0.3, -0.25) is 0 Å². The van der Waals surface area contributed by atoms with Crippen molar-refractivity contribution in [2.75, 3.05) is 0 Å². The number of hydrogen-bond donors (Lipinski definition) is 0. The van der Waals surface area contributed by atoms with Crippen molar-refractivity contribution in [2.24, 2.45) is 0 Å². The molecule has 2 unspecified atom stereocenters. The van der Waals surface area contributed by atoms with Crippen molar-refractivity contribution in [3.05, 3.63) is 127 Å². The van der Waals surface area contributed by atoms with Crippen LogP contribution < -0.4 is 0 Å². The van der Waals surface area contributed by atoms with Gasteiger partial charge in [-0.2, -0.15) is 0 Å². The zero-order valence-electron chi connectivity index (χ0n) is 40.4. The first-order valence-electron chi connectivity index (χ1n) is 22.4. The Morgan fingerprint density at radius 2 is 0.724 bits per heavy atom. The van der Waals surface area contributed by atoms with Crippen molar-refractivity contribution in [1.29, 1.82) is 0 Å². The van der Waals surface area contributed by atoms with Gasteiger partial charge in [-0.15, -0.1) is 0 Å². The molecule has 0 amide bonds. The van der Waals surface area contributed by atoms with Crippen LogP contribution in [0.4, 0.5) is 0 Å². The topological polar surface area (TPSA) is 0 Å². The van der Waals surface area contributed by atoms with Gasteiger partial charge in [0.05, 0.1) is 0 Å². The van der Waals surface area contributed by atoms with Crippen LogP contribution in [0.2, 0.25) is 9.26 Å². The molecule has 0 saturated carbocycles. The van der Waals surface area contributed by atoms with Crippen molar-refractivity contribution in [1.82, 2.24) is 0 Å². The predicted molar refractivity (Wildman–Crippen MR) is 260 cm³/mol. The summed E-state index contributed by atoms with van der Waals surface area (Å²) in [6, 6.07) is 25.4. The SMILES string of the molecule is CC1=Cc2c(-c3cc(C(C)(C)C)cc(C(C)(C)C)c3)cc(C(C)C)cc2[CH]1[Zr]([CH3])([CH3])(=[SiH2])[CH]1C(C)=Cc2c(-c3cc(C(C)(C)C)cc(C(C)(C)C)c3)cc(C(C)C)cc21. The Labute approximate surface area is 358 Å². The molecule has 0 fully saturated rings. The van der Waals surface area contributed by atoms with Crippen molar-refractivity contribution in [3.63, 3.8) is 0 Å². The third-order valence-electron chi connectivity index (χ3n) is 13.9. The second-order valence-electron chi connectivity index (χ2n) is 24.6. The minimum atomic E-state index is -3.87. The third kappa shape index (κ3) is 8.26. The van der Waals surface area contributed by atoms with Crippen LogP contribution in [-0.2, 0) is 39.1 Å². The summed E-state index contributed by atoms with van der Waals surface area (Å²) in [4.78, 5) is 0. The van der Waals surface area contributed by atoms with Crippen molar-refractivity contribution in [3.8, 4) is 22.3 Å². The number of hydrogen-bond acceptors (Lipinski definition) is 0. The first-order chi connectivity index (χ1) is 26.3. The molecule has 2 heteroatoms. The number of allylic oxidation sites excluding steroid dienone is 2. The van der Waals surface area contributed by atoms with Gasteiger partial charge in [0.1, 0.15) is 0 Å². The molecule has 2 aliphatic carbocycles. The zero-order valence-corrected chi connectivity index (χ0v) is 44.3. The standard InChI is InChI=1S/2C27H35.2CH3.H2Si.Zr/c2*1-17(2)19-12-20-10-18(3)11-24(20)25(15-19)21-13-22(26(4,5)6)16-23(14-21)27(7,8)9;;;;/h2*10-17H,1-9H3;2*1H3;1H2;. The molecule has 0 saturated heterocycles. The fraction of sp³-hybridized carbons (Fsp3) is 0.500. The Hall–Kier alpha value is -2.54. The molecule has 0 radical (unpaired) electrons. The quantitative estimate of drug-likeness (QED) is 0.169. The van der Waals surface area contributed by atoms with E-state index in [2.05, 4.69) is 214 Å². The predicted octanol–water partition coefficient (Wildman–Crippen LogP) is 16.4. The molecule has 6 rings (SSSR count). The van der Waals surface area contributed by atoms with E-state index in [-0.39, 0.29) is 21.7 Å². The van der Waals surface area contributed by atoms with E-state index in [4.69, 9.17) is 0 Å². The Morgan fingerprint density at radius 3 is 0.966 bits per heavy atom. The average Bonchev–Trinajstić information content (AvgIpc) is 3.61. The maximum absolute atomic E-state index is 3.87. The summed E-state index contributed by atoms with van der Waals surface area (Å²) in [5.74, 6) is 0.887. The summed E-state index contributed by atoms with van der Waals surface area (Å²) in [6.07, 6.45) is 5.23. The summed E-state index contributed by atoms with van der Waals surface area (Å²) < 4.78 is 6.55. The molecule has 0 N–H and O–H groups in total. The number of rotatable bonds is 6. The molecular weight excluding hydrogens is 792 g/mol. The first kappa shape index (κ1) is 45.0. The molecule has 0 aliphatic heterocycles. The van der Waals surface area contributed by atoms with Gasteiger partial charge in [0, 0.05) is 0 Å². The van der Waals surface area contributed by atoms with Gasteiger partial charge in [-0.25, -0.2) is 0 Å². The Bertz CT molecular complexity index is 2190. The fourth-order valence-electron chi connectivity index (χ4n) is 10.4. The molecular formula is C56H78SiZr. The Kier molecular flexibility index (Phi) is 11.3. The third-order valence-corrected chi connectivity index (χ3v) is 31.8. The van der Waals surface area contributed by atoms with Crippen LogP contribution in [0, 0.1) is 0 Å². The van der Waals surface area contributed by atoms with E-state index in [1.165, 1.54) is 66.8 Å². The second-order valence-corrected chi connectivity index (χ2v) is 55.1. The summed E-state index contributed by atoms with van der Waals surface area (Å²) in [6.45, 7) is 45.3. The molecule has 0 nitrogen and oxygen atoms in total. The van der Waals surface area contributed by atoms with Gasteiger partial charge in [0.25, 0.3) is 0 Å². The van der Waals surface area contributed by atoms with Gasteiger partial charge in [-0.1, -0.05) is 0 Å². The van der Waals surface area contributed by atoms with Crippen LogP contribution in [0.5, 0.6) is 0 Å². The van der Waals surface area contributed by atoms with Gasteiger partial charge >= 0.3 is 361 Å². The molecule has 4 aromatic rings. The first-order valence-corrected chi connectivity index (χ1v) is 36.1. The molecule has 0 spiro atoms. The minimum absolute atomic E-state index is 0.0615. The van der Waals surface area contributed by atoms with Crippen LogP contribution in [-0.4, -0.2) is 6.88 Å². The van der Waals surface area contributed by atoms with Gasteiger partial charge in [0.15, 0.2) is 0 Å². The molecule has 0 bridgehead atoms. The van der Waals surface area contributed by atoms with Crippen molar-refractivity contribution >= 4 is 19.0 Å². The van der Waals surface area contributed by atoms with Crippen LogP contribution in [0.1, 0.15) is 199 Å². The maximum atomic E-state index is 2.81. The van der Waals surface area contributed by atoms with Gasteiger partial charge < -0.3 is 0 Å². The Balaban J connectivity index is 1.61. The molecule has 58 heavy (non-hydrogen) atoms. The van der Waals surface area contributed by atoms with Gasteiger partial charge in [-0.05, 0) is 0 Å². The van der Waals surface area contributed by atoms with E-state index < -0.39 is 17.4 Å². The summed E-state index contributed by atoms with van der Waals surface area (Å²) in [5, 5.41) is 0. The second kappa shape index (κ2) is 14.5. The van der Waals surface area contributed by atoms with Crippen LogP contribution in [0.3, 0.4) is 0 Å². The average molecular weight is 871 g/mol. The van der Waals surface area contributed by atoms with E-state index >= 15 is 0 Å². The van der Waals surface area contributed by atoms with E-state index in [1.54, 1.807) is 22.3 Å². The molecule has 2 atom stereocenters. The zero-order chi connectivity index (χ0) is 43.5. The molecule has 2 aliphatic rings. The van der Waals surface area contributed by atoms with E-state index in [9.17, 15) is 0 Å². The summed E-state index contributed by atoms with van der Waals surface area (Å²) in [5.41, 5.74) is 23.7. The van der Waals surface area contributed by atoms with Crippen LogP contribution in [0.25, 0.3) is 34.4 Å². The molecule has 0 aromatic heterocycles. The van der Waals surface area contributed by atoms with E-state index in [0.717, 1.165) is 0 Å². The monoisotopic (exact) mass is 868 g/mol. The van der Waals surface area contributed by atoms with E-state index in [1.807, 2.05) is 0 Å². The normalized spacial score (nSPS) is 17.8. The molecule has 310 valence electrons. The molecule has 4 aromatic carbocycles. The van der Waals surface area contributed by atoms with E-state index in [0.29, 0.717) is 19.1 Å². The Morgan fingerprint density at radius 1 is 0.448 bits per heavy atom. The van der Waals surface area contributed by atoms with Crippen molar-refractivity contribution in [2.45, 2.75) is 175 Å².